The maximum absolute atomic E-state index is 11.3. The molecule has 4 heteroatoms. The van der Waals surface area contributed by atoms with Crippen LogP contribution in [0.4, 0.5) is 0 Å². The Morgan fingerprint density at radius 3 is 2.74 bits per heavy atom. The first kappa shape index (κ1) is 12.0. The molecule has 1 aromatic carbocycles. The average molecular weight is 256 g/mol. The number of aromatic carboxylic acids is 1. The molecular weight excluding hydrogens is 240 g/mol. The number of hydrogen-bond donors (Lipinski definition) is 2. The van der Waals surface area contributed by atoms with Crippen molar-refractivity contribution in [2.24, 2.45) is 0 Å². The molecule has 0 amide bonds. The van der Waals surface area contributed by atoms with Crippen molar-refractivity contribution in [1.82, 2.24) is 10.2 Å². The zero-order valence-electron chi connectivity index (χ0n) is 10.9. The van der Waals surface area contributed by atoms with E-state index in [1.54, 1.807) is 6.92 Å². The van der Waals surface area contributed by atoms with Gasteiger partial charge in [0, 0.05) is 11.3 Å². The summed E-state index contributed by atoms with van der Waals surface area (Å²) in [5.41, 5.74) is 5.02. The molecule has 2 N–H and O–H groups in total. The lowest BCUT2D eigenvalue weighted by atomic mass is 9.89. The predicted octanol–water partition coefficient (Wildman–Crippen LogP) is 2.96. The minimum atomic E-state index is -0.932. The molecule has 19 heavy (non-hydrogen) atoms. The van der Waals surface area contributed by atoms with Gasteiger partial charge in [0.1, 0.15) is 11.3 Å². The summed E-state index contributed by atoms with van der Waals surface area (Å²) in [6.07, 6.45) is 4.66. The second-order valence-electron chi connectivity index (χ2n) is 5.07. The molecular formula is C15H16N2O2. The summed E-state index contributed by atoms with van der Waals surface area (Å²) in [7, 11) is 0. The molecule has 0 atom stereocenters. The molecule has 1 aliphatic rings. The molecule has 1 heterocycles. The predicted molar refractivity (Wildman–Crippen MR) is 72.4 cm³/mol. The molecule has 0 saturated heterocycles. The van der Waals surface area contributed by atoms with Crippen molar-refractivity contribution in [3.05, 3.63) is 40.6 Å². The van der Waals surface area contributed by atoms with E-state index < -0.39 is 5.97 Å². The number of aromatic amines is 1. The number of nitrogens with zero attached hydrogens (tertiary/aromatic N) is 1. The Morgan fingerprint density at radius 2 is 2.00 bits per heavy atom. The monoisotopic (exact) mass is 256 g/mol. The second-order valence-corrected chi connectivity index (χ2v) is 5.07. The summed E-state index contributed by atoms with van der Waals surface area (Å²) < 4.78 is 0. The van der Waals surface area contributed by atoms with Crippen molar-refractivity contribution in [3.63, 3.8) is 0 Å². The normalized spacial score (nSPS) is 14.2. The van der Waals surface area contributed by atoms with Gasteiger partial charge in [-0.1, -0.05) is 12.1 Å². The van der Waals surface area contributed by atoms with Crippen LogP contribution < -0.4 is 0 Å². The van der Waals surface area contributed by atoms with Crippen LogP contribution in [0.25, 0.3) is 11.3 Å². The fourth-order valence-electron chi connectivity index (χ4n) is 2.78. The van der Waals surface area contributed by atoms with Crippen molar-refractivity contribution in [2.75, 3.05) is 0 Å². The quantitative estimate of drug-likeness (QED) is 0.868. The molecule has 0 bridgehead atoms. The van der Waals surface area contributed by atoms with Crippen LogP contribution in [-0.4, -0.2) is 21.3 Å². The van der Waals surface area contributed by atoms with E-state index in [2.05, 4.69) is 22.3 Å². The lowest BCUT2D eigenvalue weighted by Crippen LogP contribution is -2.03. The van der Waals surface area contributed by atoms with Crippen LogP contribution in [-0.2, 0) is 12.8 Å². The fourth-order valence-corrected chi connectivity index (χ4v) is 2.78. The lowest BCUT2D eigenvalue weighted by molar-refractivity contribution is 0.0697. The molecule has 0 radical (unpaired) electrons. The molecule has 98 valence electrons. The third kappa shape index (κ3) is 2.03. The molecule has 0 saturated carbocycles. The van der Waals surface area contributed by atoms with Crippen LogP contribution in [0.3, 0.4) is 0 Å². The van der Waals surface area contributed by atoms with Crippen molar-refractivity contribution < 1.29 is 9.90 Å². The van der Waals surface area contributed by atoms with Crippen molar-refractivity contribution in [2.45, 2.75) is 32.6 Å². The van der Waals surface area contributed by atoms with E-state index in [4.69, 9.17) is 0 Å². The van der Waals surface area contributed by atoms with Crippen LogP contribution >= 0.6 is 0 Å². The minimum absolute atomic E-state index is 0.274. The van der Waals surface area contributed by atoms with Gasteiger partial charge in [-0.05, 0) is 49.8 Å². The van der Waals surface area contributed by atoms with Gasteiger partial charge in [0.15, 0.2) is 0 Å². The summed E-state index contributed by atoms with van der Waals surface area (Å²) in [5, 5.41) is 16.2. The Kier molecular flexibility index (Phi) is 2.85. The maximum Gasteiger partial charge on any atom is 0.339 e. The topological polar surface area (TPSA) is 66.0 Å². The van der Waals surface area contributed by atoms with Gasteiger partial charge in [-0.25, -0.2) is 4.79 Å². The van der Waals surface area contributed by atoms with Crippen LogP contribution in [0.5, 0.6) is 0 Å². The van der Waals surface area contributed by atoms with E-state index >= 15 is 0 Å². The van der Waals surface area contributed by atoms with Gasteiger partial charge >= 0.3 is 5.97 Å². The Labute approximate surface area is 111 Å². The van der Waals surface area contributed by atoms with Gasteiger partial charge in [-0.2, -0.15) is 5.10 Å². The number of carboxylic acids is 1. The molecule has 0 fully saturated rings. The van der Waals surface area contributed by atoms with Crippen molar-refractivity contribution in [3.8, 4) is 11.3 Å². The van der Waals surface area contributed by atoms with E-state index in [9.17, 15) is 9.90 Å². The summed E-state index contributed by atoms with van der Waals surface area (Å²) >= 11 is 0. The van der Waals surface area contributed by atoms with Crippen LogP contribution in [0.2, 0.25) is 0 Å². The number of rotatable bonds is 2. The van der Waals surface area contributed by atoms with E-state index in [1.807, 2.05) is 6.07 Å². The summed E-state index contributed by atoms with van der Waals surface area (Å²) in [4.78, 5) is 11.3. The number of aromatic nitrogens is 2. The largest absolute Gasteiger partial charge is 0.478 e. The summed E-state index contributed by atoms with van der Waals surface area (Å²) in [5.74, 6) is -0.932. The Balaban J connectivity index is 2.10. The highest BCUT2D eigenvalue weighted by atomic mass is 16.4. The van der Waals surface area contributed by atoms with Gasteiger partial charge in [-0.15, -0.1) is 0 Å². The summed E-state index contributed by atoms with van der Waals surface area (Å²) in [6.45, 7) is 1.73. The van der Waals surface area contributed by atoms with Gasteiger partial charge in [0.25, 0.3) is 0 Å². The van der Waals surface area contributed by atoms with Gasteiger partial charge < -0.3 is 5.11 Å². The third-order valence-corrected chi connectivity index (χ3v) is 3.78. The van der Waals surface area contributed by atoms with Crippen molar-refractivity contribution >= 4 is 5.97 Å². The zero-order valence-corrected chi connectivity index (χ0v) is 10.9. The lowest BCUT2D eigenvalue weighted by Gasteiger charge is -2.16. The number of aryl methyl sites for hydroxylation is 3. The first-order valence-corrected chi connectivity index (χ1v) is 6.57. The number of nitrogens with one attached hydrogen (secondary N) is 1. The molecule has 3 rings (SSSR count). The highest BCUT2D eigenvalue weighted by Crippen LogP contribution is 2.29. The molecule has 1 aromatic heterocycles. The van der Waals surface area contributed by atoms with Crippen LogP contribution in [0.15, 0.2) is 18.2 Å². The van der Waals surface area contributed by atoms with Gasteiger partial charge in [0.05, 0.1) is 0 Å². The Bertz CT molecular complexity index is 644. The minimum Gasteiger partial charge on any atom is -0.478 e. The SMILES string of the molecule is Cc1[nH]nc(-c2ccc3c(c2)CCCC3)c1C(=O)O. The molecule has 1 aliphatic carbocycles. The first-order valence-electron chi connectivity index (χ1n) is 6.57. The van der Waals surface area contributed by atoms with Gasteiger partial charge in [0.2, 0.25) is 0 Å². The fraction of sp³-hybridized carbons (Fsp3) is 0.333. The molecule has 0 spiro atoms. The van der Waals surface area contributed by atoms with Crippen molar-refractivity contribution in [1.29, 1.82) is 0 Å². The highest BCUT2D eigenvalue weighted by Gasteiger charge is 2.19. The Morgan fingerprint density at radius 1 is 1.26 bits per heavy atom. The number of carboxylic acid groups (broad SMARTS) is 1. The van der Waals surface area contributed by atoms with Crippen LogP contribution in [0, 0.1) is 6.92 Å². The van der Waals surface area contributed by atoms with Crippen LogP contribution in [0.1, 0.15) is 40.0 Å². The number of hydrogen-bond acceptors (Lipinski definition) is 2. The van der Waals surface area contributed by atoms with E-state index in [1.165, 1.54) is 24.0 Å². The number of benzene rings is 1. The zero-order chi connectivity index (χ0) is 13.4. The number of fused-ring (bicyclic) bond motifs is 1. The second kappa shape index (κ2) is 4.53. The third-order valence-electron chi connectivity index (χ3n) is 3.78. The van der Waals surface area contributed by atoms with E-state index in [0.29, 0.717) is 11.4 Å². The molecule has 2 aromatic rings. The van der Waals surface area contributed by atoms with Gasteiger partial charge in [-0.3, -0.25) is 5.10 Å². The Hall–Kier alpha value is -2.10. The van der Waals surface area contributed by atoms with E-state index in [-0.39, 0.29) is 5.56 Å². The standard InChI is InChI=1S/C15H16N2O2/c1-9-13(15(18)19)14(17-16-9)12-7-6-10-4-2-3-5-11(10)8-12/h6-8H,2-5H2,1H3,(H,16,17)(H,18,19). The first-order chi connectivity index (χ1) is 9.16. The smallest absolute Gasteiger partial charge is 0.339 e. The molecule has 0 aliphatic heterocycles. The highest BCUT2D eigenvalue weighted by molar-refractivity contribution is 5.96. The molecule has 0 unspecified atom stereocenters. The van der Waals surface area contributed by atoms with E-state index in [0.717, 1.165) is 18.4 Å². The molecule has 4 nitrogen and oxygen atoms in total. The number of carbonyl (C=O) groups is 1. The number of H-pyrrole nitrogens is 1. The maximum atomic E-state index is 11.3. The summed E-state index contributed by atoms with van der Waals surface area (Å²) in [6, 6.07) is 6.18. The average Bonchev–Trinajstić information content (AvgIpc) is 2.80.